The van der Waals surface area contributed by atoms with E-state index in [-0.39, 0.29) is 6.10 Å². The fourth-order valence-electron chi connectivity index (χ4n) is 3.47. The minimum atomic E-state index is 0.267. The van der Waals surface area contributed by atoms with Crippen molar-refractivity contribution in [2.75, 3.05) is 13.7 Å². The molecular formula is C18H29NO. The Morgan fingerprint density at radius 3 is 2.60 bits per heavy atom. The fourth-order valence-corrected chi connectivity index (χ4v) is 3.47. The highest BCUT2D eigenvalue weighted by Gasteiger charge is 2.24. The molecule has 2 atom stereocenters. The van der Waals surface area contributed by atoms with Crippen LogP contribution in [-0.4, -0.2) is 25.8 Å². The maximum absolute atomic E-state index is 5.73. The third kappa shape index (κ3) is 3.62. The zero-order chi connectivity index (χ0) is 14.5. The third-order valence-corrected chi connectivity index (χ3v) is 4.41. The van der Waals surface area contributed by atoms with Crippen molar-refractivity contribution in [3.63, 3.8) is 0 Å². The molecule has 0 aromatic heterocycles. The maximum atomic E-state index is 5.73. The van der Waals surface area contributed by atoms with E-state index in [2.05, 4.69) is 44.3 Å². The fraction of sp³-hybridized carbons (Fsp3) is 0.667. The lowest BCUT2D eigenvalue weighted by Gasteiger charge is -2.30. The van der Waals surface area contributed by atoms with Gasteiger partial charge in [0.1, 0.15) is 0 Å². The van der Waals surface area contributed by atoms with Crippen molar-refractivity contribution in [2.45, 2.75) is 58.6 Å². The SMILES string of the molecule is CCNC(Cc1ccc2c(c1)CCC2)C(OC)C(C)C. The van der Waals surface area contributed by atoms with E-state index in [1.165, 1.54) is 24.8 Å². The molecule has 0 aliphatic heterocycles. The molecule has 20 heavy (non-hydrogen) atoms. The Kier molecular flexibility index (Phi) is 5.62. The number of benzene rings is 1. The molecule has 0 bridgehead atoms. The van der Waals surface area contributed by atoms with Crippen LogP contribution in [0.1, 0.15) is 43.9 Å². The molecule has 2 heteroatoms. The summed E-state index contributed by atoms with van der Waals surface area (Å²) in [6.45, 7) is 7.63. The molecule has 0 fully saturated rings. The Labute approximate surface area is 123 Å². The summed E-state index contributed by atoms with van der Waals surface area (Å²) in [6.07, 6.45) is 5.16. The van der Waals surface area contributed by atoms with Crippen LogP contribution in [0.15, 0.2) is 18.2 Å². The average Bonchev–Trinajstić information content (AvgIpc) is 2.86. The molecule has 0 saturated heterocycles. The van der Waals surface area contributed by atoms with E-state index in [1.807, 2.05) is 7.11 Å². The van der Waals surface area contributed by atoms with Gasteiger partial charge in [0.05, 0.1) is 6.10 Å². The number of rotatable bonds is 7. The van der Waals surface area contributed by atoms with E-state index in [1.54, 1.807) is 11.1 Å². The molecular weight excluding hydrogens is 246 g/mol. The molecule has 0 amide bonds. The standard InChI is InChI=1S/C18H29NO/c1-5-19-17(18(20-4)13(2)3)12-14-9-10-15-7-6-8-16(15)11-14/h9-11,13,17-19H,5-8,12H2,1-4H3. The van der Waals surface area contributed by atoms with Gasteiger partial charge in [0.2, 0.25) is 0 Å². The highest BCUT2D eigenvalue weighted by atomic mass is 16.5. The Balaban J connectivity index is 2.11. The van der Waals surface area contributed by atoms with Gasteiger partial charge < -0.3 is 10.1 Å². The normalized spacial score (nSPS) is 17.2. The van der Waals surface area contributed by atoms with Crippen LogP contribution in [-0.2, 0) is 24.0 Å². The van der Waals surface area contributed by atoms with Crippen molar-refractivity contribution in [1.82, 2.24) is 5.32 Å². The second-order valence-corrected chi connectivity index (χ2v) is 6.27. The summed E-state index contributed by atoms with van der Waals surface area (Å²) in [5.74, 6) is 0.526. The van der Waals surface area contributed by atoms with Crippen molar-refractivity contribution in [1.29, 1.82) is 0 Å². The Bertz CT molecular complexity index is 427. The van der Waals surface area contributed by atoms with Crippen molar-refractivity contribution >= 4 is 0 Å². The van der Waals surface area contributed by atoms with Crippen molar-refractivity contribution in [3.05, 3.63) is 34.9 Å². The highest BCUT2D eigenvalue weighted by Crippen LogP contribution is 2.24. The third-order valence-electron chi connectivity index (χ3n) is 4.41. The molecule has 1 N–H and O–H groups in total. The van der Waals surface area contributed by atoms with Crippen LogP contribution in [0.3, 0.4) is 0 Å². The highest BCUT2D eigenvalue weighted by molar-refractivity contribution is 5.35. The molecule has 1 aliphatic rings. The lowest BCUT2D eigenvalue weighted by molar-refractivity contribution is 0.0337. The van der Waals surface area contributed by atoms with Crippen molar-refractivity contribution < 1.29 is 4.74 Å². The second kappa shape index (κ2) is 7.24. The summed E-state index contributed by atoms with van der Waals surface area (Å²) in [7, 11) is 1.83. The van der Waals surface area contributed by atoms with Crippen LogP contribution < -0.4 is 5.32 Å². The Hall–Kier alpha value is -0.860. The van der Waals surface area contributed by atoms with E-state index < -0.39 is 0 Å². The molecule has 1 aromatic rings. The number of nitrogens with one attached hydrogen (secondary N) is 1. The van der Waals surface area contributed by atoms with Crippen LogP contribution in [0.25, 0.3) is 0 Å². The minimum absolute atomic E-state index is 0.267. The van der Waals surface area contributed by atoms with Gasteiger partial charge in [0, 0.05) is 13.2 Å². The second-order valence-electron chi connectivity index (χ2n) is 6.27. The quantitative estimate of drug-likeness (QED) is 0.824. The summed E-state index contributed by atoms with van der Waals surface area (Å²) in [4.78, 5) is 0. The number of fused-ring (bicyclic) bond motifs is 1. The summed E-state index contributed by atoms with van der Waals surface area (Å²) in [5.41, 5.74) is 4.57. The van der Waals surface area contributed by atoms with Crippen molar-refractivity contribution in [3.8, 4) is 0 Å². The molecule has 1 aromatic carbocycles. The lowest BCUT2D eigenvalue weighted by atomic mass is 9.92. The predicted octanol–water partition coefficient (Wildman–Crippen LogP) is 3.37. The summed E-state index contributed by atoms with van der Waals surface area (Å²) < 4.78 is 5.73. The number of ether oxygens (including phenoxy) is 1. The monoisotopic (exact) mass is 275 g/mol. The summed E-state index contributed by atoms with van der Waals surface area (Å²) in [6, 6.07) is 7.45. The van der Waals surface area contributed by atoms with E-state index in [9.17, 15) is 0 Å². The molecule has 1 aliphatic carbocycles. The van der Waals surface area contributed by atoms with E-state index in [0.29, 0.717) is 12.0 Å². The smallest absolute Gasteiger partial charge is 0.0750 e. The van der Waals surface area contributed by atoms with Gasteiger partial charge in [-0.25, -0.2) is 0 Å². The van der Waals surface area contributed by atoms with E-state index in [4.69, 9.17) is 4.74 Å². The molecule has 2 nitrogen and oxygen atoms in total. The first-order chi connectivity index (χ1) is 9.65. The molecule has 0 spiro atoms. The average molecular weight is 275 g/mol. The lowest BCUT2D eigenvalue weighted by Crippen LogP contribution is -2.45. The van der Waals surface area contributed by atoms with Gasteiger partial charge in [-0.1, -0.05) is 39.0 Å². The van der Waals surface area contributed by atoms with Crippen LogP contribution in [0.4, 0.5) is 0 Å². The topological polar surface area (TPSA) is 21.3 Å². The number of likely N-dealkylation sites (N-methyl/N-ethyl adjacent to an activating group) is 1. The first-order valence-electron chi connectivity index (χ1n) is 8.02. The van der Waals surface area contributed by atoms with Gasteiger partial charge in [0.15, 0.2) is 0 Å². The Morgan fingerprint density at radius 2 is 1.95 bits per heavy atom. The van der Waals surface area contributed by atoms with Gasteiger partial charge in [-0.2, -0.15) is 0 Å². The largest absolute Gasteiger partial charge is 0.380 e. The molecule has 0 saturated carbocycles. The molecule has 0 radical (unpaired) electrons. The summed E-state index contributed by atoms with van der Waals surface area (Å²) >= 11 is 0. The molecule has 112 valence electrons. The summed E-state index contributed by atoms with van der Waals surface area (Å²) in [5, 5.41) is 3.61. The number of aryl methyl sites for hydroxylation is 2. The zero-order valence-electron chi connectivity index (χ0n) is 13.4. The van der Waals surface area contributed by atoms with Gasteiger partial charge in [-0.3, -0.25) is 0 Å². The van der Waals surface area contributed by atoms with E-state index >= 15 is 0 Å². The zero-order valence-corrected chi connectivity index (χ0v) is 13.4. The first kappa shape index (κ1) is 15.5. The molecule has 0 heterocycles. The Morgan fingerprint density at radius 1 is 1.20 bits per heavy atom. The number of hydrogen-bond donors (Lipinski definition) is 1. The van der Waals surface area contributed by atoms with Gasteiger partial charge >= 0.3 is 0 Å². The van der Waals surface area contributed by atoms with E-state index in [0.717, 1.165) is 13.0 Å². The van der Waals surface area contributed by atoms with Crippen LogP contribution in [0, 0.1) is 5.92 Å². The maximum Gasteiger partial charge on any atom is 0.0750 e. The van der Waals surface area contributed by atoms with Gasteiger partial charge in [-0.15, -0.1) is 0 Å². The minimum Gasteiger partial charge on any atom is -0.380 e. The first-order valence-corrected chi connectivity index (χ1v) is 8.02. The van der Waals surface area contributed by atoms with Crippen molar-refractivity contribution in [2.24, 2.45) is 5.92 Å². The predicted molar refractivity (Wildman–Crippen MR) is 85.3 cm³/mol. The van der Waals surface area contributed by atoms with Gasteiger partial charge in [0.25, 0.3) is 0 Å². The molecule has 2 unspecified atom stereocenters. The van der Waals surface area contributed by atoms with Gasteiger partial charge in [-0.05, 0) is 54.8 Å². The number of hydrogen-bond acceptors (Lipinski definition) is 2. The molecule has 2 rings (SSSR count). The van der Waals surface area contributed by atoms with Crippen LogP contribution in [0.5, 0.6) is 0 Å². The van der Waals surface area contributed by atoms with Crippen LogP contribution in [0.2, 0.25) is 0 Å². The van der Waals surface area contributed by atoms with Crippen LogP contribution >= 0.6 is 0 Å². The number of methoxy groups -OCH3 is 1.